The zero-order chi connectivity index (χ0) is 9.52. The van der Waals surface area contributed by atoms with Crippen molar-refractivity contribution in [1.82, 2.24) is 0 Å². The fraction of sp³-hybridized carbons (Fsp3) is 0.455. The van der Waals surface area contributed by atoms with Crippen LogP contribution >= 0.6 is 0 Å². The van der Waals surface area contributed by atoms with Crippen LogP contribution in [0.3, 0.4) is 0 Å². The van der Waals surface area contributed by atoms with Gasteiger partial charge in [-0.3, -0.25) is 0 Å². The largest absolute Gasteiger partial charge is 0.491 e. The molecule has 0 aliphatic rings. The van der Waals surface area contributed by atoms with Crippen molar-refractivity contribution in [2.75, 3.05) is 6.61 Å². The number of para-hydroxylation sites is 1. The molecule has 13 heavy (non-hydrogen) atoms. The molecule has 0 aromatic heterocycles. The molecule has 0 saturated carbocycles. The van der Waals surface area contributed by atoms with Crippen molar-refractivity contribution in [3.8, 4) is 5.75 Å². The van der Waals surface area contributed by atoms with Crippen molar-refractivity contribution in [1.29, 1.82) is 0 Å². The molecule has 0 spiro atoms. The molecule has 1 atom stereocenters. The lowest BCUT2D eigenvalue weighted by atomic mass is 10.2. The Hall–Kier alpha value is -1.02. The van der Waals surface area contributed by atoms with Crippen LogP contribution in [0.4, 0.5) is 0 Å². The van der Waals surface area contributed by atoms with Crippen LogP contribution < -0.4 is 4.74 Å². The molecule has 1 unspecified atom stereocenters. The average Bonchev–Trinajstić information content (AvgIpc) is 2.17. The van der Waals surface area contributed by atoms with Crippen LogP contribution in [-0.4, -0.2) is 17.8 Å². The van der Waals surface area contributed by atoms with Gasteiger partial charge in [0.15, 0.2) is 0 Å². The van der Waals surface area contributed by atoms with Gasteiger partial charge in [0.1, 0.15) is 12.4 Å². The number of hydrogen-bond donors (Lipinski definition) is 1. The molecule has 1 rings (SSSR count). The molecule has 1 N–H and O–H groups in total. The first-order valence-corrected chi connectivity index (χ1v) is 4.69. The van der Waals surface area contributed by atoms with E-state index in [1.165, 1.54) is 0 Å². The van der Waals surface area contributed by atoms with E-state index in [1.54, 1.807) is 0 Å². The van der Waals surface area contributed by atoms with E-state index in [9.17, 15) is 5.11 Å². The maximum atomic E-state index is 9.39. The molecular formula is C11H16O2. The molecule has 1 aromatic rings. The van der Waals surface area contributed by atoms with Gasteiger partial charge in [-0.15, -0.1) is 0 Å². The standard InChI is InChI=1S/C11H16O2/c1-2-6-10(12)9-13-11-7-4-3-5-8-11/h3-5,7-8,10,12H,2,6,9H2,1H3. The van der Waals surface area contributed by atoms with E-state index < -0.39 is 0 Å². The topological polar surface area (TPSA) is 29.5 Å². The summed E-state index contributed by atoms with van der Waals surface area (Å²) in [6.07, 6.45) is 1.44. The Morgan fingerprint density at radius 2 is 2.00 bits per heavy atom. The number of aliphatic hydroxyl groups excluding tert-OH is 1. The Labute approximate surface area is 79.2 Å². The van der Waals surface area contributed by atoms with Crippen LogP contribution in [0.1, 0.15) is 19.8 Å². The van der Waals surface area contributed by atoms with Crippen LogP contribution in [0, 0.1) is 0 Å². The lowest BCUT2D eigenvalue weighted by Gasteiger charge is -2.10. The van der Waals surface area contributed by atoms with Crippen LogP contribution in [0.15, 0.2) is 30.3 Å². The number of rotatable bonds is 5. The third-order valence-electron chi connectivity index (χ3n) is 1.81. The second kappa shape index (κ2) is 5.60. The molecule has 0 radical (unpaired) electrons. The van der Waals surface area contributed by atoms with Gasteiger partial charge in [-0.1, -0.05) is 31.5 Å². The fourth-order valence-corrected chi connectivity index (χ4v) is 1.13. The normalized spacial score (nSPS) is 12.5. The third-order valence-corrected chi connectivity index (χ3v) is 1.81. The summed E-state index contributed by atoms with van der Waals surface area (Å²) in [6.45, 7) is 2.43. The predicted octanol–water partition coefficient (Wildman–Crippen LogP) is 2.23. The highest BCUT2D eigenvalue weighted by molar-refractivity contribution is 5.20. The maximum absolute atomic E-state index is 9.39. The highest BCUT2D eigenvalue weighted by Gasteiger charge is 2.02. The van der Waals surface area contributed by atoms with Crippen molar-refractivity contribution >= 4 is 0 Å². The highest BCUT2D eigenvalue weighted by atomic mass is 16.5. The van der Waals surface area contributed by atoms with Gasteiger partial charge in [0.05, 0.1) is 6.10 Å². The minimum atomic E-state index is -0.342. The highest BCUT2D eigenvalue weighted by Crippen LogP contribution is 2.09. The zero-order valence-corrected chi connectivity index (χ0v) is 7.94. The lowest BCUT2D eigenvalue weighted by molar-refractivity contribution is 0.0993. The molecule has 0 aliphatic heterocycles. The fourth-order valence-electron chi connectivity index (χ4n) is 1.13. The molecule has 0 heterocycles. The average molecular weight is 180 g/mol. The van der Waals surface area contributed by atoms with E-state index in [-0.39, 0.29) is 6.10 Å². The molecule has 0 saturated heterocycles. The van der Waals surface area contributed by atoms with Gasteiger partial charge < -0.3 is 9.84 Å². The first-order valence-electron chi connectivity index (χ1n) is 4.69. The van der Waals surface area contributed by atoms with Crippen LogP contribution in [0.2, 0.25) is 0 Å². The van der Waals surface area contributed by atoms with E-state index in [0.29, 0.717) is 6.61 Å². The molecule has 0 bridgehead atoms. The van der Waals surface area contributed by atoms with Gasteiger partial charge in [-0.05, 0) is 18.6 Å². The number of hydrogen-bond acceptors (Lipinski definition) is 2. The number of ether oxygens (including phenoxy) is 1. The van der Waals surface area contributed by atoms with E-state index in [0.717, 1.165) is 18.6 Å². The van der Waals surface area contributed by atoms with Crippen molar-refractivity contribution in [3.05, 3.63) is 30.3 Å². The molecule has 0 fully saturated rings. The molecule has 2 nitrogen and oxygen atoms in total. The Balaban J connectivity index is 2.27. The molecular weight excluding hydrogens is 164 g/mol. The van der Waals surface area contributed by atoms with E-state index >= 15 is 0 Å². The van der Waals surface area contributed by atoms with Crippen LogP contribution in [0.25, 0.3) is 0 Å². The van der Waals surface area contributed by atoms with E-state index in [1.807, 2.05) is 37.3 Å². The van der Waals surface area contributed by atoms with Gasteiger partial charge in [0.2, 0.25) is 0 Å². The van der Waals surface area contributed by atoms with Gasteiger partial charge in [-0.2, -0.15) is 0 Å². The van der Waals surface area contributed by atoms with E-state index in [4.69, 9.17) is 4.74 Å². The molecule has 1 aromatic carbocycles. The molecule has 72 valence electrons. The summed E-state index contributed by atoms with van der Waals surface area (Å²) in [5, 5.41) is 9.39. The van der Waals surface area contributed by atoms with Gasteiger partial charge in [-0.25, -0.2) is 0 Å². The summed E-state index contributed by atoms with van der Waals surface area (Å²) in [6, 6.07) is 9.55. The van der Waals surface area contributed by atoms with Gasteiger partial charge in [0, 0.05) is 0 Å². The van der Waals surface area contributed by atoms with E-state index in [2.05, 4.69) is 0 Å². The van der Waals surface area contributed by atoms with Crippen LogP contribution in [-0.2, 0) is 0 Å². The minimum Gasteiger partial charge on any atom is -0.491 e. The van der Waals surface area contributed by atoms with Crippen molar-refractivity contribution in [2.45, 2.75) is 25.9 Å². The van der Waals surface area contributed by atoms with Gasteiger partial charge in [0.25, 0.3) is 0 Å². The zero-order valence-electron chi connectivity index (χ0n) is 7.94. The Morgan fingerprint density at radius 3 is 2.62 bits per heavy atom. The van der Waals surface area contributed by atoms with Crippen LogP contribution in [0.5, 0.6) is 5.75 Å². The summed E-state index contributed by atoms with van der Waals surface area (Å²) in [7, 11) is 0. The SMILES string of the molecule is CCCC(O)COc1ccccc1. The summed E-state index contributed by atoms with van der Waals surface area (Å²) in [5.41, 5.74) is 0. The second-order valence-electron chi connectivity index (χ2n) is 3.07. The second-order valence-corrected chi connectivity index (χ2v) is 3.07. The molecule has 0 amide bonds. The first kappa shape index (κ1) is 10.1. The van der Waals surface area contributed by atoms with Crippen molar-refractivity contribution in [2.24, 2.45) is 0 Å². The summed E-state index contributed by atoms with van der Waals surface area (Å²) >= 11 is 0. The lowest BCUT2D eigenvalue weighted by Crippen LogP contribution is -2.16. The molecule has 0 aliphatic carbocycles. The summed E-state index contributed by atoms with van der Waals surface area (Å²) in [5.74, 6) is 0.817. The summed E-state index contributed by atoms with van der Waals surface area (Å²) < 4.78 is 5.37. The first-order chi connectivity index (χ1) is 6.33. The monoisotopic (exact) mass is 180 g/mol. The third kappa shape index (κ3) is 3.95. The Morgan fingerprint density at radius 1 is 1.31 bits per heavy atom. The smallest absolute Gasteiger partial charge is 0.119 e. The minimum absolute atomic E-state index is 0.342. The van der Waals surface area contributed by atoms with Crippen molar-refractivity contribution in [3.63, 3.8) is 0 Å². The quantitative estimate of drug-likeness (QED) is 0.753. The Bertz CT molecular complexity index is 221. The predicted molar refractivity (Wildman–Crippen MR) is 52.9 cm³/mol. The van der Waals surface area contributed by atoms with Crippen molar-refractivity contribution < 1.29 is 9.84 Å². The maximum Gasteiger partial charge on any atom is 0.119 e. The molecule has 2 heteroatoms. The van der Waals surface area contributed by atoms with Gasteiger partial charge >= 0.3 is 0 Å². The number of aliphatic hydroxyl groups is 1. The Kier molecular flexibility index (Phi) is 4.33. The summed E-state index contributed by atoms with van der Waals surface area (Å²) in [4.78, 5) is 0. The number of benzene rings is 1.